The molecule has 1 aliphatic rings. The van der Waals surface area contributed by atoms with Gasteiger partial charge >= 0.3 is 5.69 Å². The van der Waals surface area contributed by atoms with Gasteiger partial charge < -0.3 is 5.32 Å². The van der Waals surface area contributed by atoms with Crippen LogP contribution in [0.25, 0.3) is 0 Å². The van der Waals surface area contributed by atoms with E-state index in [-0.39, 0.29) is 17.4 Å². The predicted octanol–water partition coefficient (Wildman–Crippen LogP) is 2.84. The van der Waals surface area contributed by atoms with Crippen molar-refractivity contribution in [2.45, 2.75) is 32.7 Å². The second-order valence-electron chi connectivity index (χ2n) is 7.52. The third-order valence-corrected chi connectivity index (χ3v) is 5.60. The largest absolute Gasteiger partial charge is 0.348 e. The van der Waals surface area contributed by atoms with Gasteiger partial charge in [-0.05, 0) is 44.3 Å². The molecule has 1 fully saturated rings. The summed E-state index contributed by atoms with van der Waals surface area (Å²) in [7, 11) is 1.60. The zero-order chi connectivity index (χ0) is 20.3. The number of nitrogens with zero attached hydrogens (tertiary/aromatic N) is 4. The summed E-state index contributed by atoms with van der Waals surface area (Å²) in [5, 5.41) is 18.3. The van der Waals surface area contributed by atoms with Crippen LogP contribution in [-0.4, -0.2) is 45.1 Å². The number of aromatic nitrogens is 2. The minimum atomic E-state index is -0.544. The second kappa shape index (κ2) is 8.52. The van der Waals surface area contributed by atoms with Crippen molar-refractivity contribution in [3.05, 3.63) is 57.4 Å². The summed E-state index contributed by atoms with van der Waals surface area (Å²) in [5.74, 6) is 0.197. The number of benzene rings is 1. The number of rotatable bonds is 6. The molecule has 1 N–H and O–H groups in total. The number of carbonyl (C=O) groups excluding carboxylic acids is 1. The highest BCUT2D eigenvalue weighted by molar-refractivity contribution is 5.96. The van der Waals surface area contributed by atoms with Gasteiger partial charge in [0.05, 0.1) is 11.0 Å². The number of nitro groups is 1. The second-order valence-corrected chi connectivity index (χ2v) is 7.52. The van der Waals surface area contributed by atoms with E-state index in [0.717, 1.165) is 31.5 Å². The molecule has 1 aromatic carbocycles. The molecule has 1 saturated heterocycles. The summed E-state index contributed by atoms with van der Waals surface area (Å²) in [5.41, 5.74) is 1.12. The summed E-state index contributed by atoms with van der Waals surface area (Å²) in [6.07, 6.45) is 2.25. The Kier molecular flexibility index (Phi) is 6.08. The summed E-state index contributed by atoms with van der Waals surface area (Å²) < 4.78 is 1.37. The van der Waals surface area contributed by atoms with Crippen LogP contribution in [0, 0.1) is 23.0 Å². The predicted molar refractivity (Wildman–Crippen MR) is 106 cm³/mol. The maximum absolute atomic E-state index is 12.7. The van der Waals surface area contributed by atoms with Crippen LogP contribution in [0.15, 0.2) is 30.3 Å². The standard InChI is InChI=1S/C20H27N5O3/c1-14-9-11-24(12-10-14)17(16-7-5-4-6-8-16)13-21-20(26)18-19(25(27)28)15(2)23(3)22-18/h4-8,14,17H,9-13H2,1-3H3,(H,21,26). The van der Waals surface area contributed by atoms with Crippen molar-refractivity contribution in [2.24, 2.45) is 13.0 Å². The fourth-order valence-corrected chi connectivity index (χ4v) is 3.71. The molecule has 28 heavy (non-hydrogen) atoms. The molecule has 0 bridgehead atoms. The number of hydrogen-bond acceptors (Lipinski definition) is 5. The van der Waals surface area contributed by atoms with Crippen LogP contribution in [0.1, 0.15) is 47.6 Å². The van der Waals surface area contributed by atoms with Crippen LogP contribution in [0.2, 0.25) is 0 Å². The molecular weight excluding hydrogens is 358 g/mol. The molecule has 1 amide bonds. The van der Waals surface area contributed by atoms with Gasteiger partial charge in [0, 0.05) is 13.6 Å². The van der Waals surface area contributed by atoms with Crippen LogP contribution < -0.4 is 5.32 Å². The average Bonchev–Trinajstić information content (AvgIpc) is 2.99. The Morgan fingerprint density at radius 1 is 1.32 bits per heavy atom. The molecule has 2 heterocycles. The average molecular weight is 385 g/mol. The van der Waals surface area contributed by atoms with Gasteiger partial charge in [-0.2, -0.15) is 5.10 Å². The van der Waals surface area contributed by atoms with Gasteiger partial charge in [0.1, 0.15) is 5.69 Å². The molecule has 0 radical (unpaired) electrons. The Morgan fingerprint density at radius 3 is 2.57 bits per heavy atom. The molecule has 0 spiro atoms. The van der Waals surface area contributed by atoms with E-state index in [1.165, 1.54) is 4.68 Å². The van der Waals surface area contributed by atoms with Gasteiger partial charge in [0.25, 0.3) is 5.91 Å². The molecule has 1 aromatic heterocycles. The Bertz CT molecular complexity index is 841. The van der Waals surface area contributed by atoms with Crippen LogP contribution >= 0.6 is 0 Å². The fraction of sp³-hybridized carbons (Fsp3) is 0.500. The summed E-state index contributed by atoms with van der Waals surface area (Å²) in [6, 6.07) is 10.1. The molecule has 150 valence electrons. The van der Waals surface area contributed by atoms with E-state index in [4.69, 9.17) is 0 Å². The van der Waals surface area contributed by atoms with Crippen molar-refractivity contribution in [2.75, 3.05) is 19.6 Å². The van der Waals surface area contributed by atoms with Gasteiger partial charge in [-0.1, -0.05) is 37.3 Å². The Labute approximate surface area is 164 Å². The van der Waals surface area contributed by atoms with Gasteiger partial charge in [-0.3, -0.25) is 24.5 Å². The number of likely N-dealkylation sites (tertiary alicyclic amines) is 1. The monoisotopic (exact) mass is 385 g/mol. The smallest absolute Gasteiger partial charge is 0.322 e. The van der Waals surface area contributed by atoms with Crippen LogP contribution in [0.3, 0.4) is 0 Å². The van der Waals surface area contributed by atoms with E-state index in [9.17, 15) is 14.9 Å². The first kappa shape index (κ1) is 20.0. The molecule has 1 unspecified atom stereocenters. The minimum Gasteiger partial charge on any atom is -0.348 e. The SMILES string of the molecule is Cc1c([N+](=O)[O-])c(C(=O)NCC(c2ccccc2)N2CCC(C)CC2)nn1C. The van der Waals surface area contributed by atoms with Crippen LogP contribution in [-0.2, 0) is 7.05 Å². The number of amides is 1. The number of hydrogen-bond donors (Lipinski definition) is 1. The Morgan fingerprint density at radius 2 is 1.96 bits per heavy atom. The first-order chi connectivity index (χ1) is 13.4. The maximum atomic E-state index is 12.7. The van der Waals surface area contributed by atoms with E-state index in [1.807, 2.05) is 18.2 Å². The van der Waals surface area contributed by atoms with E-state index in [2.05, 4.69) is 34.4 Å². The van der Waals surface area contributed by atoms with Gasteiger partial charge in [-0.25, -0.2) is 0 Å². The highest BCUT2D eigenvalue weighted by Gasteiger charge is 2.30. The molecule has 1 aliphatic heterocycles. The molecule has 2 aromatic rings. The third-order valence-electron chi connectivity index (χ3n) is 5.60. The van der Waals surface area contributed by atoms with Crippen molar-refractivity contribution in [1.82, 2.24) is 20.0 Å². The van der Waals surface area contributed by atoms with Crippen molar-refractivity contribution in [1.29, 1.82) is 0 Å². The first-order valence-corrected chi connectivity index (χ1v) is 9.63. The minimum absolute atomic E-state index is 0.0292. The molecule has 8 heteroatoms. The lowest BCUT2D eigenvalue weighted by Gasteiger charge is -2.37. The van der Waals surface area contributed by atoms with Gasteiger partial charge in [0.15, 0.2) is 0 Å². The third kappa shape index (κ3) is 4.22. The number of aryl methyl sites for hydroxylation is 1. The van der Waals surface area contributed by atoms with Crippen LogP contribution in [0.5, 0.6) is 0 Å². The fourth-order valence-electron chi connectivity index (χ4n) is 3.71. The zero-order valence-electron chi connectivity index (χ0n) is 16.6. The molecule has 1 atom stereocenters. The van der Waals surface area contributed by atoms with Crippen LogP contribution in [0.4, 0.5) is 5.69 Å². The molecular formula is C20H27N5O3. The Balaban J connectivity index is 1.78. The number of carbonyl (C=O) groups is 1. The zero-order valence-corrected chi connectivity index (χ0v) is 16.6. The lowest BCUT2D eigenvalue weighted by atomic mass is 9.95. The lowest BCUT2D eigenvalue weighted by Crippen LogP contribution is -2.42. The lowest BCUT2D eigenvalue weighted by molar-refractivity contribution is -0.385. The summed E-state index contributed by atoms with van der Waals surface area (Å²) in [6.45, 7) is 6.17. The quantitative estimate of drug-likeness (QED) is 0.610. The van der Waals surface area contributed by atoms with Gasteiger partial charge in [-0.15, -0.1) is 0 Å². The van der Waals surface area contributed by atoms with Gasteiger partial charge in [0.2, 0.25) is 5.69 Å². The number of piperidine rings is 1. The van der Waals surface area contributed by atoms with E-state index >= 15 is 0 Å². The highest BCUT2D eigenvalue weighted by Crippen LogP contribution is 2.27. The maximum Gasteiger partial charge on any atom is 0.322 e. The van der Waals surface area contributed by atoms with Crippen molar-refractivity contribution < 1.29 is 9.72 Å². The van der Waals surface area contributed by atoms with Crippen molar-refractivity contribution in [3.8, 4) is 0 Å². The summed E-state index contributed by atoms with van der Waals surface area (Å²) in [4.78, 5) is 25.9. The van der Waals surface area contributed by atoms with E-state index in [0.29, 0.717) is 18.2 Å². The molecule has 3 rings (SSSR count). The van der Waals surface area contributed by atoms with E-state index in [1.54, 1.807) is 14.0 Å². The molecule has 0 aliphatic carbocycles. The first-order valence-electron chi connectivity index (χ1n) is 9.63. The van der Waals surface area contributed by atoms with E-state index < -0.39 is 10.8 Å². The molecule has 8 nitrogen and oxygen atoms in total. The summed E-state index contributed by atoms with van der Waals surface area (Å²) >= 11 is 0. The normalized spacial score (nSPS) is 16.7. The topological polar surface area (TPSA) is 93.3 Å². The van der Waals surface area contributed by atoms with Crippen molar-refractivity contribution >= 4 is 11.6 Å². The van der Waals surface area contributed by atoms with Crippen molar-refractivity contribution in [3.63, 3.8) is 0 Å². The molecule has 0 saturated carbocycles. The highest BCUT2D eigenvalue weighted by atomic mass is 16.6. The number of nitrogens with one attached hydrogen (secondary N) is 1. The Hall–Kier alpha value is -2.74.